The van der Waals surface area contributed by atoms with Gasteiger partial charge < -0.3 is 24.1 Å². The number of hydrogen-bond donors (Lipinski definition) is 0. The molecular weight excluding hydrogens is 520 g/mol. The molecule has 2 aromatic carbocycles. The minimum Gasteiger partial charge on any atom is -0.382 e. The fourth-order valence-corrected chi connectivity index (χ4v) is 4.18. The van der Waals surface area contributed by atoms with Crippen LogP contribution in [-0.2, 0) is 21.4 Å². The lowest BCUT2D eigenvalue weighted by molar-refractivity contribution is -0.124. The Labute approximate surface area is 231 Å². The van der Waals surface area contributed by atoms with Crippen LogP contribution in [0.5, 0.6) is 0 Å². The molecule has 0 fully saturated rings. The molecule has 0 aliphatic rings. The van der Waals surface area contributed by atoms with E-state index in [-0.39, 0.29) is 31.7 Å². The van der Waals surface area contributed by atoms with Gasteiger partial charge in [-0.05, 0) is 24.3 Å². The van der Waals surface area contributed by atoms with Crippen molar-refractivity contribution in [1.82, 2.24) is 14.7 Å². The molecule has 1 atom stereocenters. The number of rotatable bonds is 11. The summed E-state index contributed by atoms with van der Waals surface area (Å²) in [5, 5.41) is 4.12. The second-order valence-corrected chi connectivity index (χ2v) is 9.22. The third kappa shape index (κ3) is 6.90. The summed E-state index contributed by atoms with van der Waals surface area (Å²) in [5.74, 6) is 3.53. The topological polar surface area (TPSA) is 88.0 Å². The number of amides is 2. The minimum absolute atomic E-state index is 0.0750. The summed E-state index contributed by atoms with van der Waals surface area (Å²) >= 11 is 0. The standard InChI is InChI=1S/C29H31F2N5O4/c1-33(24-18-32-34(2)19-24)13-14-36(29(20-38,12-15-37)21-40-4)28(39)35(3)27-25(30)16-23(17-26(27)31)11-10-22-8-6-5-7-9-22/h5-9,15-20H,12-14,21H2,1-4H3. The van der Waals surface area contributed by atoms with Gasteiger partial charge in [-0.3, -0.25) is 9.58 Å². The van der Waals surface area contributed by atoms with Gasteiger partial charge in [-0.25, -0.2) is 13.6 Å². The van der Waals surface area contributed by atoms with E-state index >= 15 is 8.78 Å². The first-order valence-electron chi connectivity index (χ1n) is 12.4. The summed E-state index contributed by atoms with van der Waals surface area (Å²) in [4.78, 5) is 41.4. The predicted octanol–water partition coefficient (Wildman–Crippen LogP) is 3.27. The SMILES string of the molecule is COCC(C=O)(CC=O)N(CCN(C)c1cnn(C)c1)C(=O)N(C)c1c(F)cc(C#Cc2ccccc2)cc1F. The van der Waals surface area contributed by atoms with E-state index < -0.39 is 28.9 Å². The quantitative estimate of drug-likeness (QED) is 0.269. The summed E-state index contributed by atoms with van der Waals surface area (Å²) in [5.41, 5.74) is -0.826. The third-order valence-electron chi connectivity index (χ3n) is 6.37. The Morgan fingerprint density at radius 1 is 1.07 bits per heavy atom. The molecule has 210 valence electrons. The first kappa shape index (κ1) is 30.0. The number of halogens is 2. The lowest BCUT2D eigenvalue weighted by Crippen LogP contribution is -2.61. The molecule has 0 spiro atoms. The van der Waals surface area contributed by atoms with Crippen molar-refractivity contribution in [3.8, 4) is 11.8 Å². The van der Waals surface area contributed by atoms with Crippen LogP contribution in [0.1, 0.15) is 17.5 Å². The van der Waals surface area contributed by atoms with Gasteiger partial charge in [0.1, 0.15) is 23.8 Å². The number of aromatic nitrogens is 2. The lowest BCUT2D eigenvalue weighted by Gasteiger charge is -2.41. The van der Waals surface area contributed by atoms with Crippen LogP contribution in [0.25, 0.3) is 0 Å². The molecule has 11 heteroatoms. The maximum Gasteiger partial charge on any atom is 0.325 e. The monoisotopic (exact) mass is 551 g/mol. The van der Waals surface area contributed by atoms with Crippen LogP contribution < -0.4 is 9.80 Å². The number of hydrogen-bond acceptors (Lipinski definition) is 6. The maximum atomic E-state index is 15.2. The summed E-state index contributed by atoms with van der Waals surface area (Å²) in [6, 6.07) is 10.1. The highest BCUT2D eigenvalue weighted by Gasteiger charge is 2.42. The Hall–Kier alpha value is -4.56. The molecule has 1 unspecified atom stereocenters. The van der Waals surface area contributed by atoms with Crippen molar-refractivity contribution in [1.29, 1.82) is 0 Å². The van der Waals surface area contributed by atoms with E-state index in [1.54, 1.807) is 60.3 Å². The number of ether oxygens (including phenoxy) is 1. The second kappa shape index (κ2) is 13.5. The van der Waals surface area contributed by atoms with Gasteiger partial charge in [0.15, 0.2) is 11.6 Å². The second-order valence-electron chi connectivity index (χ2n) is 9.22. The van der Waals surface area contributed by atoms with Crippen LogP contribution >= 0.6 is 0 Å². The zero-order valence-electron chi connectivity index (χ0n) is 22.8. The number of anilines is 2. The first-order chi connectivity index (χ1) is 19.2. The van der Waals surface area contributed by atoms with Crippen LogP contribution in [0.3, 0.4) is 0 Å². The van der Waals surface area contributed by atoms with Gasteiger partial charge in [0.05, 0.1) is 18.5 Å². The van der Waals surface area contributed by atoms with Crippen LogP contribution in [0.15, 0.2) is 54.9 Å². The number of aryl methyl sites for hydroxylation is 1. The maximum absolute atomic E-state index is 15.2. The fourth-order valence-electron chi connectivity index (χ4n) is 4.18. The number of benzene rings is 2. The normalized spacial score (nSPS) is 12.1. The number of urea groups is 1. The zero-order chi connectivity index (χ0) is 29.3. The largest absolute Gasteiger partial charge is 0.382 e. The average Bonchev–Trinajstić information content (AvgIpc) is 3.38. The van der Waals surface area contributed by atoms with Crippen LogP contribution in [0.4, 0.5) is 25.0 Å². The molecule has 0 bridgehead atoms. The van der Waals surface area contributed by atoms with Crippen molar-refractivity contribution in [2.45, 2.75) is 12.0 Å². The van der Waals surface area contributed by atoms with Crippen molar-refractivity contribution in [3.63, 3.8) is 0 Å². The molecule has 0 N–H and O–H groups in total. The van der Waals surface area contributed by atoms with E-state index in [2.05, 4.69) is 16.9 Å². The molecule has 40 heavy (non-hydrogen) atoms. The molecule has 0 radical (unpaired) electrons. The van der Waals surface area contributed by atoms with Crippen LogP contribution in [0, 0.1) is 23.5 Å². The number of carbonyl (C=O) groups is 3. The summed E-state index contributed by atoms with van der Waals surface area (Å²) in [7, 11) is 6.03. The van der Waals surface area contributed by atoms with E-state index in [0.717, 1.165) is 27.6 Å². The number of carbonyl (C=O) groups excluding carboxylic acids is 3. The Kier molecular flexibility index (Phi) is 10.1. The Balaban J connectivity index is 1.95. The molecule has 3 rings (SSSR count). The average molecular weight is 552 g/mol. The molecule has 0 saturated heterocycles. The van der Waals surface area contributed by atoms with Crippen LogP contribution in [-0.4, -0.2) is 79.7 Å². The highest BCUT2D eigenvalue weighted by atomic mass is 19.1. The van der Waals surface area contributed by atoms with E-state index in [4.69, 9.17) is 4.74 Å². The molecule has 0 aliphatic carbocycles. The molecule has 1 aromatic heterocycles. The van der Waals surface area contributed by atoms with Gasteiger partial charge in [-0.2, -0.15) is 5.10 Å². The number of likely N-dealkylation sites (N-methyl/N-ethyl adjacent to an activating group) is 1. The molecule has 0 aliphatic heterocycles. The van der Waals surface area contributed by atoms with Gasteiger partial charge >= 0.3 is 6.03 Å². The summed E-state index contributed by atoms with van der Waals surface area (Å²) in [6.45, 7) is -0.165. The predicted molar refractivity (Wildman–Crippen MR) is 147 cm³/mol. The molecule has 0 saturated carbocycles. The van der Waals surface area contributed by atoms with E-state index in [9.17, 15) is 14.4 Å². The molecule has 9 nitrogen and oxygen atoms in total. The van der Waals surface area contributed by atoms with Gasteiger partial charge in [0.25, 0.3) is 0 Å². The highest BCUT2D eigenvalue weighted by molar-refractivity contribution is 5.95. The number of methoxy groups -OCH3 is 1. The number of nitrogens with zero attached hydrogens (tertiary/aromatic N) is 5. The molecular formula is C29H31F2N5O4. The Bertz CT molecular complexity index is 1380. The number of aldehydes is 2. The lowest BCUT2D eigenvalue weighted by atomic mass is 9.96. The third-order valence-corrected chi connectivity index (χ3v) is 6.37. The van der Waals surface area contributed by atoms with Crippen molar-refractivity contribution >= 4 is 30.0 Å². The van der Waals surface area contributed by atoms with Gasteiger partial charge in [-0.1, -0.05) is 30.0 Å². The van der Waals surface area contributed by atoms with Crippen molar-refractivity contribution in [2.75, 3.05) is 50.7 Å². The minimum atomic E-state index is -1.70. The smallest absolute Gasteiger partial charge is 0.325 e. The van der Waals surface area contributed by atoms with Crippen molar-refractivity contribution in [2.24, 2.45) is 7.05 Å². The van der Waals surface area contributed by atoms with Gasteiger partial charge in [-0.15, -0.1) is 0 Å². The summed E-state index contributed by atoms with van der Waals surface area (Å²) < 4.78 is 37.3. The highest BCUT2D eigenvalue weighted by Crippen LogP contribution is 2.28. The van der Waals surface area contributed by atoms with E-state index in [1.165, 1.54) is 14.2 Å². The van der Waals surface area contributed by atoms with Gasteiger partial charge in [0, 0.05) is 65.1 Å². The van der Waals surface area contributed by atoms with Crippen molar-refractivity contribution in [3.05, 3.63) is 77.6 Å². The van der Waals surface area contributed by atoms with Crippen LogP contribution in [0.2, 0.25) is 0 Å². The van der Waals surface area contributed by atoms with Gasteiger partial charge in [0.2, 0.25) is 0 Å². The summed E-state index contributed by atoms with van der Waals surface area (Å²) in [6.07, 6.45) is 3.97. The Morgan fingerprint density at radius 3 is 2.27 bits per heavy atom. The molecule has 1 heterocycles. The Morgan fingerprint density at radius 2 is 1.73 bits per heavy atom. The van der Waals surface area contributed by atoms with Crippen molar-refractivity contribution < 1.29 is 27.9 Å². The van der Waals surface area contributed by atoms with E-state index in [0.29, 0.717) is 18.1 Å². The fraction of sp³-hybridized carbons (Fsp3) is 0.310. The van der Waals surface area contributed by atoms with E-state index in [1.807, 2.05) is 6.07 Å². The zero-order valence-corrected chi connectivity index (χ0v) is 22.8. The first-order valence-corrected chi connectivity index (χ1v) is 12.4. The molecule has 2 amide bonds. The molecule has 3 aromatic rings.